The molecule has 0 unspecified atom stereocenters. The number of carbonyl (C=O) groups excluding carboxylic acids is 1. The Hall–Kier alpha value is -3.29. The Morgan fingerprint density at radius 3 is 2.85 bits per heavy atom. The summed E-state index contributed by atoms with van der Waals surface area (Å²) in [6.45, 7) is 4.00. The van der Waals surface area contributed by atoms with Crippen LogP contribution in [0.15, 0.2) is 36.5 Å². The Kier molecular flexibility index (Phi) is 3.91. The SMILES string of the molecule is COc1cc(-c2ncc3c(n2)NC(=O)C3(C)C)nn1Cc1cccc(F)c1. The maximum absolute atomic E-state index is 13.4. The lowest BCUT2D eigenvalue weighted by atomic mass is 9.88. The number of amides is 1. The van der Waals surface area contributed by atoms with Crippen molar-refractivity contribution in [3.05, 3.63) is 53.5 Å². The van der Waals surface area contributed by atoms with Gasteiger partial charge in [-0.15, -0.1) is 0 Å². The van der Waals surface area contributed by atoms with Gasteiger partial charge < -0.3 is 10.1 Å². The molecule has 0 fully saturated rings. The largest absolute Gasteiger partial charge is 0.481 e. The van der Waals surface area contributed by atoms with Gasteiger partial charge in [0.2, 0.25) is 11.8 Å². The Balaban J connectivity index is 1.69. The normalized spacial score (nSPS) is 14.7. The molecule has 0 bridgehead atoms. The highest BCUT2D eigenvalue weighted by Gasteiger charge is 2.40. The molecule has 1 aliphatic heterocycles. The van der Waals surface area contributed by atoms with Crippen molar-refractivity contribution in [1.82, 2.24) is 19.7 Å². The second-order valence-corrected chi connectivity index (χ2v) is 6.89. The number of benzene rings is 1. The van der Waals surface area contributed by atoms with Crippen LogP contribution in [0.3, 0.4) is 0 Å². The third-order valence-electron chi connectivity index (χ3n) is 4.66. The molecule has 0 atom stereocenters. The molecule has 1 N–H and O–H groups in total. The predicted octanol–water partition coefficient (Wildman–Crippen LogP) is 2.77. The second kappa shape index (κ2) is 6.15. The van der Waals surface area contributed by atoms with Gasteiger partial charge in [0.05, 0.1) is 19.1 Å². The van der Waals surface area contributed by atoms with Gasteiger partial charge in [-0.05, 0) is 31.5 Å². The van der Waals surface area contributed by atoms with Crippen molar-refractivity contribution in [2.75, 3.05) is 12.4 Å². The first-order chi connectivity index (χ1) is 12.9. The van der Waals surface area contributed by atoms with E-state index >= 15 is 0 Å². The van der Waals surface area contributed by atoms with Crippen LogP contribution >= 0.6 is 0 Å². The number of anilines is 1. The van der Waals surface area contributed by atoms with Crippen molar-refractivity contribution in [3.63, 3.8) is 0 Å². The summed E-state index contributed by atoms with van der Waals surface area (Å²) in [5, 5.41) is 7.27. The molecule has 27 heavy (non-hydrogen) atoms. The van der Waals surface area contributed by atoms with Crippen molar-refractivity contribution < 1.29 is 13.9 Å². The molecule has 1 aromatic carbocycles. The van der Waals surface area contributed by atoms with Gasteiger partial charge in [0, 0.05) is 17.8 Å². The average Bonchev–Trinajstić information content (AvgIpc) is 3.13. The highest BCUT2D eigenvalue weighted by Crippen LogP contribution is 2.36. The second-order valence-electron chi connectivity index (χ2n) is 6.89. The fourth-order valence-electron chi connectivity index (χ4n) is 3.04. The first kappa shape index (κ1) is 17.1. The minimum absolute atomic E-state index is 0.113. The van der Waals surface area contributed by atoms with E-state index in [9.17, 15) is 9.18 Å². The summed E-state index contributed by atoms with van der Waals surface area (Å²) in [6, 6.07) is 8.01. The molecule has 0 spiro atoms. The Bertz CT molecular complexity index is 1040. The third-order valence-corrected chi connectivity index (χ3v) is 4.66. The lowest BCUT2D eigenvalue weighted by Crippen LogP contribution is -2.26. The summed E-state index contributed by atoms with van der Waals surface area (Å²) >= 11 is 0. The van der Waals surface area contributed by atoms with Gasteiger partial charge >= 0.3 is 0 Å². The van der Waals surface area contributed by atoms with E-state index in [2.05, 4.69) is 20.4 Å². The van der Waals surface area contributed by atoms with Crippen molar-refractivity contribution in [2.24, 2.45) is 0 Å². The monoisotopic (exact) mass is 367 g/mol. The van der Waals surface area contributed by atoms with E-state index in [-0.39, 0.29) is 11.7 Å². The molecule has 3 heterocycles. The zero-order chi connectivity index (χ0) is 19.2. The minimum atomic E-state index is -0.664. The number of aromatic nitrogens is 4. The Labute approximate surface area is 155 Å². The number of fused-ring (bicyclic) bond motifs is 1. The molecule has 8 heteroatoms. The highest BCUT2D eigenvalue weighted by atomic mass is 19.1. The van der Waals surface area contributed by atoms with E-state index in [4.69, 9.17) is 4.74 Å². The number of ether oxygens (including phenoxy) is 1. The number of halogens is 1. The van der Waals surface area contributed by atoms with Gasteiger partial charge in [-0.2, -0.15) is 5.10 Å². The van der Waals surface area contributed by atoms with E-state index in [1.54, 1.807) is 23.0 Å². The van der Waals surface area contributed by atoms with Crippen molar-refractivity contribution in [3.8, 4) is 17.4 Å². The van der Waals surface area contributed by atoms with Crippen molar-refractivity contribution >= 4 is 11.7 Å². The molecule has 138 valence electrons. The quantitative estimate of drug-likeness (QED) is 0.767. The Morgan fingerprint density at radius 2 is 2.11 bits per heavy atom. The lowest BCUT2D eigenvalue weighted by molar-refractivity contribution is -0.119. The van der Waals surface area contributed by atoms with Crippen LogP contribution in [0.1, 0.15) is 25.0 Å². The van der Waals surface area contributed by atoms with E-state index < -0.39 is 5.41 Å². The first-order valence-electron chi connectivity index (χ1n) is 8.44. The number of rotatable bonds is 4. The molecular weight excluding hydrogens is 349 g/mol. The maximum atomic E-state index is 13.4. The first-order valence-corrected chi connectivity index (χ1v) is 8.44. The zero-order valence-corrected chi connectivity index (χ0v) is 15.2. The smallest absolute Gasteiger partial charge is 0.235 e. The lowest BCUT2D eigenvalue weighted by Gasteiger charge is -2.13. The van der Waals surface area contributed by atoms with Crippen molar-refractivity contribution in [1.29, 1.82) is 0 Å². The van der Waals surface area contributed by atoms with Crippen LogP contribution in [0.25, 0.3) is 11.5 Å². The average molecular weight is 367 g/mol. The van der Waals surface area contributed by atoms with Gasteiger partial charge in [-0.1, -0.05) is 12.1 Å². The van der Waals surface area contributed by atoms with Crippen LogP contribution in [0, 0.1) is 5.82 Å². The van der Waals surface area contributed by atoms with Gasteiger partial charge in [-0.25, -0.2) is 19.0 Å². The van der Waals surface area contributed by atoms with Crippen LogP contribution in [-0.4, -0.2) is 32.8 Å². The van der Waals surface area contributed by atoms with E-state index in [1.165, 1.54) is 19.2 Å². The van der Waals surface area contributed by atoms with Crippen LogP contribution in [0.5, 0.6) is 5.88 Å². The van der Waals surface area contributed by atoms with E-state index in [0.717, 1.165) is 11.1 Å². The van der Waals surface area contributed by atoms with Crippen LogP contribution < -0.4 is 10.1 Å². The maximum Gasteiger partial charge on any atom is 0.235 e. The van der Waals surface area contributed by atoms with Gasteiger partial charge in [0.1, 0.15) is 17.3 Å². The molecule has 3 aromatic rings. The fourth-order valence-corrected chi connectivity index (χ4v) is 3.04. The van der Waals surface area contributed by atoms with Crippen LogP contribution in [0.4, 0.5) is 10.2 Å². The number of hydrogen-bond acceptors (Lipinski definition) is 5. The molecule has 0 radical (unpaired) electrons. The summed E-state index contributed by atoms with van der Waals surface area (Å²) in [5.74, 6) is 0.955. The van der Waals surface area contributed by atoms with Crippen molar-refractivity contribution in [2.45, 2.75) is 25.8 Å². The topological polar surface area (TPSA) is 81.9 Å². The molecule has 2 aromatic heterocycles. The molecule has 0 saturated carbocycles. The number of methoxy groups -OCH3 is 1. The standard InChI is InChI=1S/C19H18FN5O2/c1-19(2)13-9-21-17(22-16(13)23-18(19)26)14-8-15(27-3)25(24-14)10-11-5-4-6-12(20)7-11/h4-9H,10H2,1-3H3,(H,21,22,23,26). The number of nitrogens with zero attached hydrogens (tertiary/aromatic N) is 4. The summed E-state index contributed by atoms with van der Waals surface area (Å²) in [4.78, 5) is 20.9. The van der Waals surface area contributed by atoms with Gasteiger partial charge in [-0.3, -0.25) is 4.79 Å². The third kappa shape index (κ3) is 2.92. The number of nitrogens with one attached hydrogen (secondary N) is 1. The highest BCUT2D eigenvalue weighted by molar-refractivity contribution is 6.04. The summed E-state index contributed by atoms with van der Waals surface area (Å²) in [5.41, 5.74) is 1.35. The van der Waals surface area contributed by atoms with Gasteiger partial charge in [0.25, 0.3) is 0 Å². The van der Waals surface area contributed by atoms with Crippen LogP contribution in [0.2, 0.25) is 0 Å². The van der Waals surface area contributed by atoms with E-state index in [0.29, 0.717) is 29.8 Å². The predicted molar refractivity (Wildman–Crippen MR) is 97.0 cm³/mol. The van der Waals surface area contributed by atoms with E-state index in [1.807, 2.05) is 19.9 Å². The molecule has 1 aliphatic rings. The summed E-state index contributed by atoms with van der Waals surface area (Å²) in [7, 11) is 1.54. The molecule has 4 rings (SSSR count). The van der Waals surface area contributed by atoms with Crippen LogP contribution in [-0.2, 0) is 16.8 Å². The summed E-state index contributed by atoms with van der Waals surface area (Å²) in [6.07, 6.45) is 1.65. The molecule has 7 nitrogen and oxygen atoms in total. The molecule has 1 amide bonds. The minimum Gasteiger partial charge on any atom is -0.481 e. The number of carbonyl (C=O) groups is 1. The Morgan fingerprint density at radius 1 is 1.30 bits per heavy atom. The number of hydrogen-bond donors (Lipinski definition) is 1. The molecule has 0 saturated heterocycles. The molecular formula is C19H18FN5O2. The zero-order valence-electron chi connectivity index (χ0n) is 15.2. The summed E-state index contributed by atoms with van der Waals surface area (Å²) < 4.78 is 20.4. The van der Waals surface area contributed by atoms with Gasteiger partial charge in [0.15, 0.2) is 5.82 Å². The fraction of sp³-hybridized carbons (Fsp3) is 0.263. The molecule has 0 aliphatic carbocycles.